The van der Waals surface area contributed by atoms with E-state index in [1.54, 1.807) is 0 Å². The molecule has 17 heavy (non-hydrogen) atoms. The van der Waals surface area contributed by atoms with Crippen molar-refractivity contribution in [3.8, 4) is 0 Å². The summed E-state index contributed by atoms with van der Waals surface area (Å²) < 4.78 is 17.4. The number of ether oxygens (including phenoxy) is 1. The third-order valence-electron chi connectivity index (χ3n) is 1.73. The molecule has 0 aliphatic carbocycles. The quantitative estimate of drug-likeness (QED) is 0.364. The molecular weight excluding hydrogens is 281 g/mol. The van der Waals surface area contributed by atoms with Crippen molar-refractivity contribution < 1.29 is 18.7 Å². The third-order valence-corrected chi connectivity index (χ3v) is 2.33. The van der Waals surface area contributed by atoms with E-state index in [1.165, 1.54) is 6.92 Å². The van der Waals surface area contributed by atoms with Crippen LogP contribution in [0.25, 0.3) is 0 Å². The monoisotopic (exact) mass is 288 g/mol. The molecule has 0 N–H and O–H groups in total. The SMILES string of the molecule is CCC(=O)OC(=O)c1cc(F)c(Cl)cc1Cl.[NaH]. The maximum absolute atomic E-state index is 13.1. The summed E-state index contributed by atoms with van der Waals surface area (Å²) in [5.74, 6) is -2.51. The first-order valence-corrected chi connectivity index (χ1v) is 5.10. The van der Waals surface area contributed by atoms with E-state index in [1.807, 2.05) is 0 Å². The van der Waals surface area contributed by atoms with E-state index in [2.05, 4.69) is 4.74 Å². The molecule has 88 valence electrons. The van der Waals surface area contributed by atoms with E-state index < -0.39 is 17.8 Å². The van der Waals surface area contributed by atoms with E-state index in [0.717, 1.165) is 12.1 Å². The number of hydrogen-bond acceptors (Lipinski definition) is 3. The molecule has 0 atom stereocenters. The number of carbonyl (C=O) groups excluding carboxylic acids is 2. The van der Waals surface area contributed by atoms with Crippen LogP contribution < -0.4 is 0 Å². The first-order valence-electron chi connectivity index (χ1n) is 4.35. The van der Waals surface area contributed by atoms with Crippen molar-refractivity contribution in [2.24, 2.45) is 0 Å². The summed E-state index contributed by atoms with van der Waals surface area (Å²) >= 11 is 11.1. The number of benzene rings is 1. The number of hydrogen-bond donors (Lipinski definition) is 0. The van der Waals surface area contributed by atoms with Gasteiger partial charge in [0, 0.05) is 6.42 Å². The summed E-state index contributed by atoms with van der Waals surface area (Å²) in [6.07, 6.45) is 0.0411. The van der Waals surface area contributed by atoms with E-state index in [-0.39, 0.29) is 51.6 Å². The molecule has 1 aromatic rings. The Bertz CT molecular complexity index is 451. The van der Waals surface area contributed by atoms with Crippen molar-refractivity contribution in [3.63, 3.8) is 0 Å². The zero-order valence-electron chi connectivity index (χ0n) is 8.22. The Labute approximate surface area is 130 Å². The second-order valence-corrected chi connectivity index (χ2v) is 3.68. The molecule has 1 aromatic carbocycles. The normalized spacial score (nSPS) is 9.41. The van der Waals surface area contributed by atoms with Gasteiger partial charge in [-0.2, -0.15) is 0 Å². The number of rotatable bonds is 2. The summed E-state index contributed by atoms with van der Waals surface area (Å²) in [6.45, 7) is 1.53. The molecule has 3 nitrogen and oxygen atoms in total. The first-order chi connectivity index (χ1) is 7.45. The van der Waals surface area contributed by atoms with Crippen LogP contribution in [0.2, 0.25) is 10.0 Å². The molecule has 0 aliphatic heterocycles. The second kappa shape index (κ2) is 7.34. The zero-order chi connectivity index (χ0) is 12.3. The van der Waals surface area contributed by atoms with Gasteiger partial charge in [-0.1, -0.05) is 30.1 Å². The average molecular weight is 289 g/mol. The summed E-state index contributed by atoms with van der Waals surface area (Å²) in [5.41, 5.74) is -0.231. The van der Waals surface area contributed by atoms with Gasteiger partial charge in [0.2, 0.25) is 0 Å². The summed E-state index contributed by atoms with van der Waals surface area (Å²) in [4.78, 5) is 22.2. The van der Waals surface area contributed by atoms with Crippen LogP contribution in [0, 0.1) is 5.82 Å². The Morgan fingerprint density at radius 2 is 1.88 bits per heavy atom. The van der Waals surface area contributed by atoms with E-state index in [9.17, 15) is 14.0 Å². The maximum atomic E-state index is 13.1. The van der Waals surface area contributed by atoms with Gasteiger partial charge in [-0.3, -0.25) is 4.79 Å². The molecule has 0 aliphatic rings. The minimum atomic E-state index is -0.993. The predicted molar refractivity (Wildman–Crippen MR) is 64.3 cm³/mol. The van der Waals surface area contributed by atoms with Gasteiger partial charge in [-0.15, -0.1) is 0 Å². The topological polar surface area (TPSA) is 43.4 Å². The van der Waals surface area contributed by atoms with Gasteiger partial charge in [-0.25, -0.2) is 9.18 Å². The van der Waals surface area contributed by atoms with Crippen molar-refractivity contribution in [1.82, 2.24) is 0 Å². The van der Waals surface area contributed by atoms with Crippen molar-refractivity contribution in [3.05, 3.63) is 33.6 Å². The van der Waals surface area contributed by atoms with Crippen LogP contribution in [0.4, 0.5) is 4.39 Å². The molecule has 0 saturated heterocycles. The average Bonchev–Trinajstić information content (AvgIpc) is 2.23. The summed E-state index contributed by atoms with van der Waals surface area (Å²) in [7, 11) is 0. The molecule has 0 heterocycles. The summed E-state index contributed by atoms with van der Waals surface area (Å²) in [5, 5.41) is -0.274. The van der Waals surface area contributed by atoms with Crippen molar-refractivity contribution >= 4 is 64.7 Å². The van der Waals surface area contributed by atoms with Gasteiger partial charge >= 0.3 is 41.5 Å². The molecular formula is C10H8Cl2FNaO3. The van der Waals surface area contributed by atoms with Gasteiger partial charge in [0.05, 0.1) is 15.6 Å². The number of esters is 2. The first kappa shape index (κ1) is 16.9. The van der Waals surface area contributed by atoms with E-state index >= 15 is 0 Å². The van der Waals surface area contributed by atoms with Crippen LogP contribution >= 0.6 is 23.2 Å². The Morgan fingerprint density at radius 1 is 1.29 bits per heavy atom. The van der Waals surface area contributed by atoms with Crippen molar-refractivity contribution in [2.45, 2.75) is 13.3 Å². The van der Waals surface area contributed by atoms with Crippen LogP contribution in [-0.4, -0.2) is 41.5 Å². The zero-order valence-corrected chi connectivity index (χ0v) is 9.73. The van der Waals surface area contributed by atoms with Gasteiger partial charge in [0.1, 0.15) is 5.82 Å². The molecule has 0 bridgehead atoms. The Balaban J connectivity index is 0.00000256. The molecule has 1 rings (SSSR count). The fourth-order valence-corrected chi connectivity index (χ4v) is 1.37. The fraction of sp³-hybridized carbons (Fsp3) is 0.200. The van der Waals surface area contributed by atoms with E-state index in [0.29, 0.717) is 0 Å². The predicted octanol–water partition coefficient (Wildman–Crippen LogP) is 2.58. The van der Waals surface area contributed by atoms with Crippen LogP contribution in [0.15, 0.2) is 12.1 Å². The molecule has 0 unspecified atom stereocenters. The molecule has 0 saturated carbocycles. The fourth-order valence-electron chi connectivity index (χ4n) is 0.910. The molecule has 0 fully saturated rings. The van der Waals surface area contributed by atoms with Gasteiger partial charge in [0.25, 0.3) is 0 Å². The van der Waals surface area contributed by atoms with Crippen LogP contribution in [0.3, 0.4) is 0 Å². The van der Waals surface area contributed by atoms with Gasteiger partial charge < -0.3 is 4.74 Å². The second-order valence-electron chi connectivity index (χ2n) is 2.86. The molecule has 0 aromatic heterocycles. The molecule has 0 spiro atoms. The minimum absolute atomic E-state index is 0. The third kappa shape index (κ3) is 4.56. The Kier molecular flexibility index (Phi) is 7.28. The van der Waals surface area contributed by atoms with Gasteiger partial charge in [-0.05, 0) is 12.1 Å². The van der Waals surface area contributed by atoms with Crippen molar-refractivity contribution in [2.75, 3.05) is 0 Å². The van der Waals surface area contributed by atoms with Crippen LogP contribution in [-0.2, 0) is 9.53 Å². The van der Waals surface area contributed by atoms with E-state index in [4.69, 9.17) is 23.2 Å². The van der Waals surface area contributed by atoms with Crippen LogP contribution in [0.1, 0.15) is 23.7 Å². The van der Waals surface area contributed by atoms with Crippen molar-refractivity contribution in [1.29, 1.82) is 0 Å². The Hall–Kier alpha value is -0.130. The molecule has 0 amide bonds. The Morgan fingerprint density at radius 3 is 2.41 bits per heavy atom. The summed E-state index contributed by atoms with van der Waals surface area (Å²) in [6, 6.07) is 1.90. The molecule has 7 heteroatoms. The number of halogens is 3. The standard InChI is InChI=1S/C10H7Cl2FO3.Na.H/c1-2-9(14)16-10(15)5-3-8(13)7(12)4-6(5)11;;/h3-4H,2H2,1H3;;. The molecule has 0 radical (unpaired) electrons. The number of carbonyl (C=O) groups is 2. The van der Waals surface area contributed by atoms with Gasteiger partial charge in [0.15, 0.2) is 0 Å². The van der Waals surface area contributed by atoms with Crippen LogP contribution in [0.5, 0.6) is 0 Å².